The molecule has 2 aliphatic rings. The predicted octanol–water partition coefficient (Wildman–Crippen LogP) is 1.57. The van der Waals surface area contributed by atoms with E-state index in [-0.39, 0.29) is 6.54 Å². The van der Waals surface area contributed by atoms with Gasteiger partial charge in [-0.15, -0.1) is 5.06 Å². The number of hydroxylamine groups is 2. The number of hydrogen-bond acceptors (Lipinski definition) is 4. The van der Waals surface area contributed by atoms with E-state index in [9.17, 15) is 14.4 Å². The molecule has 1 saturated heterocycles. The van der Waals surface area contributed by atoms with Crippen LogP contribution < -0.4 is 10.3 Å². The summed E-state index contributed by atoms with van der Waals surface area (Å²) in [6.07, 6.45) is 0.984. The molecule has 0 spiro atoms. The molecule has 1 atom stereocenters. The number of para-hydroxylation sites is 1. The van der Waals surface area contributed by atoms with Gasteiger partial charge in [0.25, 0.3) is 0 Å². The topological polar surface area (TPSA) is 82.2 Å². The van der Waals surface area contributed by atoms with E-state index in [1.54, 1.807) is 31.2 Å². The average Bonchev–Trinajstić information content (AvgIpc) is 2.82. The highest BCUT2D eigenvalue weighted by atomic mass is 16.7. The highest BCUT2D eigenvalue weighted by Crippen LogP contribution is 2.42. The number of fused-ring (bicyclic) bond motifs is 4. The van der Waals surface area contributed by atoms with Crippen LogP contribution in [0.5, 0.6) is 0 Å². The van der Waals surface area contributed by atoms with Gasteiger partial charge in [0.15, 0.2) is 0 Å². The van der Waals surface area contributed by atoms with Gasteiger partial charge >= 0.3 is 18.0 Å². The first-order valence-corrected chi connectivity index (χ1v) is 7.20. The Kier molecular flexibility index (Phi) is 3.65. The first kappa shape index (κ1) is 14.9. The lowest BCUT2D eigenvalue weighted by atomic mass is 10.0. The lowest BCUT2D eigenvalue weighted by molar-refractivity contribution is -0.174. The first-order valence-electron chi connectivity index (χ1n) is 7.20. The second kappa shape index (κ2) is 5.64. The van der Waals surface area contributed by atoms with Crippen molar-refractivity contribution in [3.05, 3.63) is 42.5 Å². The van der Waals surface area contributed by atoms with Gasteiger partial charge in [0.05, 0.1) is 12.2 Å². The fourth-order valence-electron chi connectivity index (χ4n) is 2.73. The van der Waals surface area contributed by atoms with Gasteiger partial charge in [-0.3, -0.25) is 0 Å². The molecule has 2 aliphatic heterocycles. The molecular formula is C15H16N4O4. The van der Waals surface area contributed by atoms with Crippen molar-refractivity contribution in [2.45, 2.75) is 13.0 Å². The molecule has 0 radical (unpaired) electrons. The second-order valence-corrected chi connectivity index (χ2v) is 5.03. The fraction of sp³-hybridized carbons (Fsp3) is 0.267. The van der Waals surface area contributed by atoms with E-state index >= 15 is 0 Å². The van der Waals surface area contributed by atoms with Crippen molar-refractivity contribution in [1.29, 1.82) is 0 Å². The largest absolute Gasteiger partial charge is 0.373 e. The van der Waals surface area contributed by atoms with Gasteiger partial charge in [-0.1, -0.05) is 24.8 Å². The number of benzene rings is 1. The maximum atomic E-state index is 12.5. The number of hydrogen-bond donors (Lipinski definition) is 1. The molecule has 0 saturated carbocycles. The number of hydrazine groups is 1. The van der Waals surface area contributed by atoms with E-state index in [1.807, 2.05) is 0 Å². The van der Waals surface area contributed by atoms with Gasteiger partial charge < -0.3 is 10.2 Å². The lowest BCUT2D eigenvalue weighted by Gasteiger charge is -2.34. The number of urea groups is 2. The van der Waals surface area contributed by atoms with Crippen LogP contribution in [0.15, 0.2) is 36.9 Å². The smallest absolute Gasteiger partial charge is 0.337 e. The normalized spacial score (nSPS) is 18.6. The SMILES string of the molecule is C=CC(=O)ON1C(=O)N2CC1c1ccccc1N2C(=O)NCC. The van der Waals surface area contributed by atoms with Crippen molar-refractivity contribution >= 4 is 23.7 Å². The third-order valence-corrected chi connectivity index (χ3v) is 3.68. The van der Waals surface area contributed by atoms with Crippen molar-refractivity contribution in [2.75, 3.05) is 18.1 Å². The number of nitrogens with zero attached hydrogens (tertiary/aromatic N) is 3. The number of carbonyl (C=O) groups is 3. The van der Waals surface area contributed by atoms with Gasteiger partial charge in [-0.25, -0.2) is 19.4 Å². The summed E-state index contributed by atoms with van der Waals surface area (Å²) in [5.74, 6) is -0.728. The van der Waals surface area contributed by atoms with Crippen molar-refractivity contribution in [3.63, 3.8) is 0 Å². The third kappa shape index (κ3) is 2.28. The minimum absolute atomic E-state index is 0.220. The molecule has 1 aromatic carbocycles. The highest BCUT2D eigenvalue weighted by Gasteiger charge is 2.50. The van der Waals surface area contributed by atoms with Crippen LogP contribution in [0.3, 0.4) is 0 Å². The van der Waals surface area contributed by atoms with Crippen molar-refractivity contribution in [3.8, 4) is 0 Å². The Labute approximate surface area is 132 Å². The number of carbonyl (C=O) groups excluding carboxylic acids is 3. The Hall–Kier alpha value is -3.03. The Bertz CT molecular complexity index is 690. The molecule has 8 nitrogen and oxygen atoms in total. The van der Waals surface area contributed by atoms with Crippen LogP contribution in [0.4, 0.5) is 15.3 Å². The second-order valence-electron chi connectivity index (χ2n) is 5.03. The zero-order chi connectivity index (χ0) is 16.6. The molecule has 8 heteroatoms. The van der Waals surface area contributed by atoms with Gasteiger partial charge in [0.2, 0.25) is 0 Å². The maximum absolute atomic E-state index is 12.5. The minimum Gasteiger partial charge on any atom is -0.337 e. The van der Waals surface area contributed by atoms with E-state index in [4.69, 9.17) is 4.84 Å². The zero-order valence-corrected chi connectivity index (χ0v) is 12.6. The number of anilines is 1. The summed E-state index contributed by atoms with van der Waals surface area (Å²) in [5.41, 5.74) is 1.32. The van der Waals surface area contributed by atoms with Crippen molar-refractivity contribution in [2.24, 2.45) is 0 Å². The summed E-state index contributed by atoms with van der Waals surface area (Å²) in [4.78, 5) is 41.4. The summed E-state index contributed by atoms with van der Waals surface area (Å²) in [5, 5.41) is 6.20. The van der Waals surface area contributed by atoms with Crippen LogP contribution >= 0.6 is 0 Å². The molecule has 2 bridgehead atoms. The summed E-state index contributed by atoms with van der Waals surface area (Å²) < 4.78 is 0. The quantitative estimate of drug-likeness (QED) is 0.858. The predicted molar refractivity (Wildman–Crippen MR) is 81.0 cm³/mol. The molecule has 1 fully saturated rings. The standard InChI is InChI=1S/C15H16N4O4/c1-3-13(20)23-19-12-9-17(15(19)22)18(14(21)16-4-2)11-8-6-5-7-10(11)12/h3,5-8,12H,1,4,9H2,2H3,(H,16,21). The Morgan fingerprint density at radius 3 is 2.87 bits per heavy atom. The summed E-state index contributed by atoms with van der Waals surface area (Å²) in [6.45, 7) is 5.76. The van der Waals surface area contributed by atoms with Crippen LogP contribution in [-0.2, 0) is 9.63 Å². The monoisotopic (exact) mass is 316 g/mol. The Balaban J connectivity index is 2.03. The molecule has 120 valence electrons. The van der Waals surface area contributed by atoms with Crippen LogP contribution in [0, 0.1) is 0 Å². The number of nitrogens with one attached hydrogen (secondary N) is 1. The third-order valence-electron chi connectivity index (χ3n) is 3.68. The fourth-order valence-corrected chi connectivity index (χ4v) is 2.73. The first-order chi connectivity index (χ1) is 11.1. The van der Waals surface area contributed by atoms with Crippen LogP contribution in [0.2, 0.25) is 0 Å². The van der Waals surface area contributed by atoms with E-state index in [0.29, 0.717) is 12.2 Å². The molecule has 23 heavy (non-hydrogen) atoms. The van der Waals surface area contributed by atoms with Gasteiger partial charge in [0, 0.05) is 18.2 Å². The average molecular weight is 316 g/mol. The van der Waals surface area contributed by atoms with Crippen molar-refractivity contribution in [1.82, 2.24) is 15.4 Å². The lowest BCUT2D eigenvalue weighted by Crippen LogP contribution is -2.53. The number of amides is 4. The molecular weight excluding hydrogens is 300 g/mol. The molecule has 1 aromatic rings. The van der Waals surface area contributed by atoms with Gasteiger partial charge in [-0.05, 0) is 13.0 Å². The minimum atomic E-state index is -0.728. The van der Waals surface area contributed by atoms with Gasteiger partial charge in [0.1, 0.15) is 6.04 Å². The van der Waals surface area contributed by atoms with E-state index in [1.165, 1.54) is 10.0 Å². The number of rotatable bonds is 3. The van der Waals surface area contributed by atoms with E-state index in [2.05, 4.69) is 11.9 Å². The summed E-state index contributed by atoms with van der Waals surface area (Å²) in [6, 6.07) is 5.68. The van der Waals surface area contributed by atoms with Crippen LogP contribution in [0.1, 0.15) is 18.5 Å². The highest BCUT2D eigenvalue weighted by molar-refractivity contribution is 5.98. The van der Waals surface area contributed by atoms with Crippen LogP contribution in [-0.4, -0.2) is 41.2 Å². The Morgan fingerprint density at radius 1 is 1.43 bits per heavy atom. The Morgan fingerprint density at radius 2 is 2.17 bits per heavy atom. The molecule has 1 N–H and O–H groups in total. The maximum Gasteiger partial charge on any atom is 0.373 e. The van der Waals surface area contributed by atoms with E-state index < -0.39 is 24.1 Å². The van der Waals surface area contributed by atoms with Crippen molar-refractivity contribution < 1.29 is 19.2 Å². The van der Waals surface area contributed by atoms with Crippen LogP contribution in [0.25, 0.3) is 0 Å². The molecule has 3 rings (SSSR count). The zero-order valence-electron chi connectivity index (χ0n) is 12.6. The molecule has 0 aliphatic carbocycles. The van der Waals surface area contributed by atoms with E-state index in [0.717, 1.165) is 16.7 Å². The molecule has 2 heterocycles. The summed E-state index contributed by atoms with van der Waals surface area (Å²) in [7, 11) is 0. The summed E-state index contributed by atoms with van der Waals surface area (Å²) >= 11 is 0. The molecule has 4 amide bonds. The molecule has 0 aromatic heterocycles. The molecule has 1 unspecified atom stereocenters. The van der Waals surface area contributed by atoms with Gasteiger partial charge in [-0.2, -0.15) is 5.01 Å².